The minimum atomic E-state index is -0.263. The molecule has 684 valence electrons. The molecule has 0 radical (unpaired) electrons. The monoisotopic (exact) mass is 1800 g/mol. The highest BCUT2D eigenvalue weighted by molar-refractivity contribution is 5.98. The molecule has 20 aromatic rings. The summed E-state index contributed by atoms with van der Waals surface area (Å²) in [5.41, 5.74) is 57.3. The summed E-state index contributed by atoms with van der Waals surface area (Å²) in [4.78, 5) is 0. The fraction of sp³-hybridized carbons (Fsp3) is 0.143. The van der Waals surface area contributed by atoms with Gasteiger partial charge in [0.2, 0.25) is 0 Å². The van der Waals surface area contributed by atoms with E-state index in [1.54, 1.807) is 0 Å². The lowest BCUT2D eigenvalue weighted by Crippen LogP contribution is -2.28. The standard InChI is InChI=1S/2C26H18.2C26H20.2C16H16.4CH4/c1-17-14-15-25-21(16-17)20-10-4-7-13-24(20)26(25)22-11-5-2-8-18(22)19-9-3-6-12-23(19)26;1-17-14-15-21-20-10-4-7-13-24(20)26(25(21)16-17)22-11-5-2-8-18(22)19-9-3-6-12-23(19)26;1-19-16-17-25-23(18-19)22-14-8-9-15-24(22)26(25,20-10-4-2-5-11-20)21-12-6-3-7-13-21;1-19-16-17-23-22-14-8-9-15-24(22)26(25(23)18-19,20-10-4-2-5-11-20)21-12-6-3-7-13-21;1-11-8-9-15-13(10-11)12-6-4-5-7-14(12)16(15,2)3;1-11-8-9-13-12-6-4-5-7-14(12)16(2,3)15(13)10-11;;;;/h2*2-16H,1H3;2*2-18H,1H3;2*4-10H,1-3H3;4*1H4. The molecule has 8 aliphatic carbocycles. The lowest BCUT2D eigenvalue weighted by atomic mass is 9.67. The predicted molar refractivity (Wildman–Crippen MR) is 596 cm³/mol. The quantitative estimate of drug-likeness (QED) is 0.165. The molecule has 0 atom stereocenters. The minimum Gasteiger partial charge on any atom is -0.0776 e. The van der Waals surface area contributed by atoms with Crippen molar-refractivity contribution >= 4 is 0 Å². The van der Waals surface area contributed by atoms with Crippen molar-refractivity contribution in [2.75, 3.05) is 0 Å². The molecule has 0 N–H and O–H groups in total. The van der Waals surface area contributed by atoms with E-state index in [4.69, 9.17) is 0 Å². The van der Waals surface area contributed by atoms with Gasteiger partial charge in [0.1, 0.15) is 0 Å². The van der Waals surface area contributed by atoms with Crippen molar-refractivity contribution in [1.82, 2.24) is 0 Å². The molecule has 0 heterocycles. The van der Waals surface area contributed by atoms with Gasteiger partial charge in [-0.15, -0.1) is 0 Å². The fourth-order valence-corrected chi connectivity index (χ4v) is 25.2. The van der Waals surface area contributed by atoms with Crippen molar-refractivity contribution in [3.63, 3.8) is 0 Å². The Morgan fingerprint density at radius 2 is 0.264 bits per heavy atom. The third-order valence-electron chi connectivity index (χ3n) is 31.0. The Morgan fingerprint density at radius 1 is 0.114 bits per heavy atom. The normalized spacial score (nSPS) is 14.2. The van der Waals surface area contributed by atoms with Crippen LogP contribution in [0.2, 0.25) is 0 Å². The van der Waals surface area contributed by atoms with Gasteiger partial charge in [0, 0.05) is 10.8 Å². The number of benzene rings is 20. The topological polar surface area (TPSA) is 0 Å². The Kier molecular flexibility index (Phi) is 24.5. The molecule has 0 nitrogen and oxygen atoms in total. The molecule has 2 spiro atoms. The lowest BCUT2D eigenvalue weighted by molar-refractivity contribution is 0.660. The van der Waals surface area contributed by atoms with Crippen LogP contribution >= 0.6 is 0 Å². The SMILES string of the molecule is C.C.C.C.Cc1ccc2c(c1)-c1ccccc1C2(C)C.Cc1ccc2c(c1)-c1ccccc1C2(c1ccccc1)c1ccccc1.Cc1ccc2c(c1)-c1ccccc1C21c2ccccc2-c2ccccc21.Cc1ccc2c(c1)C(C)(C)c1ccccc1-2.Cc1ccc2c(c1)C(c1ccccc1)(c1ccccc1)c1ccccc1-2.Cc1ccc2c(c1)C1(c3ccccc3-c3ccccc31)c1ccccc1-2. The summed E-state index contributed by atoms with van der Waals surface area (Å²) in [6.07, 6.45) is 0. The first-order valence-corrected chi connectivity index (χ1v) is 48.3. The first-order chi connectivity index (χ1) is 66.5. The summed E-state index contributed by atoms with van der Waals surface area (Å²) in [5, 5.41) is 0. The Bertz CT molecular complexity index is 7700. The lowest BCUT2D eigenvalue weighted by Gasteiger charge is -2.34. The molecule has 0 aromatic heterocycles. The van der Waals surface area contributed by atoms with Crippen LogP contribution in [-0.4, -0.2) is 0 Å². The molecule has 140 heavy (non-hydrogen) atoms. The molecule has 0 amide bonds. The second-order valence-electron chi connectivity index (χ2n) is 39.5. The number of rotatable bonds is 4. The Balaban J connectivity index is 0.000000107. The summed E-state index contributed by atoms with van der Waals surface area (Å²) >= 11 is 0. The molecule has 0 fully saturated rings. The van der Waals surface area contributed by atoms with Crippen LogP contribution in [0.5, 0.6) is 0 Å². The van der Waals surface area contributed by atoms with E-state index < -0.39 is 0 Å². The van der Waals surface area contributed by atoms with Crippen molar-refractivity contribution in [2.45, 2.75) is 131 Å². The van der Waals surface area contributed by atoms with Crippen LogP contribution in [0.15, 0.2) is 473 Å². The van der Waals surface area contributed by atoms with Gasteiger partial charge in [0.25, 0.3) is 0 Å². The van der Waals surface area contributed by atoms with Gasteiger partial charge in [0.15, 0.2) is 0 Å². The van der Waals surface area contributed by atoms with Crippen molar-refractivity contribution in [3.8, 4) is 89.0 Å². The van der Waals surface area contributed by atoms with Crippen molar-refractivity contribution < 1.29 is 0 Å². The Morgan fingerprint density at radius 3 is 0.564 bits per heavy atom. The zero-order chi connectivity index (χ0) is 92.4. The van der Waals surface area contributed by atoms with Gasteiger partial charge >= 0.3 is 0 Å². The molecule has 8 aliphatic rings. The fourth-order valence-electron chi connectivity index (χ4n) is 25.2. The molecule has 0 saturated carbocycles. The van der Waals surface area contributed by atoms with Crippen LogP contribution in [0.1, 0.15) is 202 Å². The number of hydrogen-bond donors (Lipinski definition) is 0. The van der Waals surface area contributed by atoms with Crippen molar-refractivity contribution in [1.29, 1.82) is 0 Å². The summed E-state index contributed by atoms with van der Waals surface area (Å²) in [6, 6.07) is 174. The second-order valence-corrected chi connectivity index (χ2v) is 39.5. The van der Waals surface area contributed by atoms with Crippen LogP contribution in [0.3, 0.4) is 0 Å². The average molecular weight is 1810 g/mol. The third-order valence-corrected chi connectivity index (χ3v) is 31.0. The molecule has 0 heteroatoms. The first kappa shape index (κ1) is 93.4. The van der Waals surface area contributed by atoms with E-state index >= 15 is 0 Å². The maximum atomic E-state index is 2.40. The largest absolute Gasteiger partial charge is 0.0776 e. The first-order valence-electron chi connectivity index (χ1n) is 48.3. The van der Waals surface area contributed by atoms with Crippen LogP contribution < -0.4 is 0 Å². The smallest absolute Gasteiger partial charge is 0.0725 e. The Labute approximate surface area is 832 Å². The van der Waals surface area contributed by atoms with Crippen LogP contribution in [0, 0.1) is 41.5 Å². The highest BCUT2D eigenvalue weighted by Crippen LogP contribution is 2.66. The van der Waals surface area contributed by atoms with Gasteiger partial charge in [-0.25, -0.2) is 0 Å². The van der Waals surface area contributed by atoms with E-state index in [0.29, 0.717) is 0 Å². The van der Waals surface area contributed by atoms with Crippen molar-refractivity contribution in [3.05, 3.63) is 618 Å². The third kappa shape index (κ3) is 14.2. The van der Waals surface area contributed by atoms with Gasteiger partial charge in [-0.3, -0.25) is 0 Å². The molecule has 0 saturated heterocycles. The van der Waals surface area contributed by atoms with Crippen molar-refractivity contribution in [2.24, 2.45) is 0 Å². The predicted octanol–water partition coefficient (Wildman–Crippen LogP) is 36.5. The van der Waals surface area contributed by atoms with Crippen LogP contribution in [0.4, 0.5) is 0 Å². The van der Waals surface area contributed by atoms with Gasteiger partial charge in [0.05, 0.1) is 21.7 Å². The molecule has 0 aliphatic heterocycles. The molecular weight excluding hydrogens is 1680 g/mol. The van der Waals surface area contributed by atoms with Crippen LogP contribution in [-0.2, 0) is 32.5 Å². The summed E-state index contributed by atoms with van der Waals surface area (Å²) in [6.45, 7) is 22.3. The van der Waals surface area contributed by atoms with E-state index in [0.717, 1.165) is 0 Å². The average Bonchev–Trinajstić information content (AvgIpc) is 1.51. The van der Waals surface area contributed by atoms with Gasteiger partial charge in [-0.1, -0.05) is 564 Å². The van der Waals surface area contributed by atoms with Gasteiger partial charge in [-0.05, 0) is 242 Å². The minimum absolute atomic E-state index is 0. The molecule has 20 aromatic carbocycles. The number of fused-ring (bicyclic) bond motifs is 32. The van der Waals surface area contributed by atoms with E-state index in [-0.39, 0.29) is 62.2 Å². The van der Waals surface area contributed by atoms with E-state index in [9.17, 15) is 0 Å². The summed E-state index contributed by atoms with van der Waals surface area (Å²) < 4.78 is 0. The maximum Gasteiger partial charge on any atom is 0.0725 e. The number of hydrogen-bond acceptors (Lipinski definition) is 0. The van der Waals surface area contributed by atoms with E-state index in [1.807, 2.05) is 0 Å². The van der Waals surface area contributed by atoms with Gasteiger partial charge < -0.3 is 0 Å². The number of aryl methyl sites for hydroxylation is 6. The van der Waals surface area contributed by atoms with Crippen LogP contribution in [0.25, 0.3) is 89.0 Å². The van der Waals surface area contributed by atoms with Gasteiger partial charge in [-0.2, -0.15) is 0 Å². The second kappa shape index (κ2) is 36.7. The highest BCUT2D eigenvalue weighted by Gasteiger charge is 2.55. The molecule has 0 unspecified atom stereocenters. The zero-order valence-corrected chi connectivity index (χ0v) is 79.0. The zero-order valence-electron chi connectivity index (χ0n) is 79.0. The Hall–Kier alpha value is -15.6. The molecule has 28 rings (SSSR count). The maximum absolute atomic E-state index is 2.40. The van der Waals surface area contributed by atoms with E-state index in [2.05, 4.69) is 542 Å². The summed E-state index contributed by atoms with van der Waals surface area (Å²) in [5.74, 6) is 0. The van der Waals surface area contributed by atoms with E-state index in [1.165, 1.54) is 234 Å². The highest BCUT2D eigenvalue weighted by atomic mass is 14.6. The molecular formula is C140H124. The molecule has 0 bridgehead atoms. The summed E-state index contributed by atoms with van der Waals surface area (Å²) in [7, 11) is 0.